The Morgan fingerprint density at radius 1 is 1.10 bits per heavy atom. The van der Waals surface area contributed by atoms with Gasteiger partial charge in [0.25, 0.3) is 5.92 Å². The van der Waals surface area contributed by atoms with E-state index in [-0.39, 0.29) is 0 Å². The second-order valence-electron chi connectivity index (χ2n) is 5.28. The molecule has 1 saturated carbocycles. The summed E-state index contributed by atoms with van der Waals surface area (Å²) in [6.07, 6.45) is -5.94. The van der Waals surface area contributed by atoms with Crippen LogP contribution in [0.5, 0.6) is 0 Å². The van der Waals surface area contributed by atoms with E-state index in [2.05, 4.69) is 0 Å². The van der Waals surface area contributed by atoms with Crippen molar-refractivity contribution in [2.75, 3.05) is 13.1 Å². The van der Waals surface area contributed by atoms with E-state index in [0.29, 0.717) is 4.90 Å². The van der Waals surface area contributed by atoms with E-state index in [1.165, 1.54) is 0 Å². The lowest BCUT2D eigenvalue weighted by Gasteiger charge is -2.48. The normalized spacial score (nSPS) is 32.9. The number of alkyl halides is 5. The van der Waals surface area contributed by atoms with Crippen molar-refractivity contribution >= 4 is 11.9 Å². The van der Waals surface area contributed by atoms with Crippen LogP contribution in [0.25, 0.3) is 0 Å². The highest BCUT2D eigenvalue weighted by molar-refractivity contribution is 5.82. The molecule has 4 nitrogen and oxygen atoms in total. The molecular formula is C11H12F5NO3. The quantitative estimate of drug-likeness (QED) is 0.751. The second-order valence-corrected chi connectivity index (χ2v) is 5.28. The largest absolute Gasteiger partial charge is 0.481 e. The van der Waals surface area contributed by atoms with Crippen LogP contribution >= 0.6 is 0 Å². The zero-order chi connectivity index (χ0) is 15.3. The number of halogens is 5. The predicted octanol–water partition coefficient (Wildman–Crippen LogP) is 1.75. The molecule has 1 saturated heterocycles. The lowest BCUT2D eigenvalue weighted by Crippen LogP contribution is -2.60. The SMILES string of the molecule is O=C(O)C1CC2CN(C(=O)C(F)(F)F)CC(C1)C2(F)F. The summed E-state index contributed by atoms with van der Waals surface area (Å²) in [5, 5.41) is 8.86. The Bertz CT molecular complexity index is 418. The van der Waals surface area contributed by atoms with Crippen LogP contribution in [0.4, 0.5) is 22.0 Å². The molecule has 0 spiro atoms. The van der Waals surface area contributed by atoms with E-state index < -0.39 is 67.7 Å². The third-order valence-corrected chi connectivity index (χ3v) is 3.99. The smallest absolute Gasteiger partial charge is 0.471 e. The van der Waals surface area contributed by atoms with Crippen molar-refractivity contribution in [1.82, 2.24) is 4.90 Å². The Hall–Kier alpha value is -1.41. The first-order chi connectivity index (χ1) is 9.03. The van der Waals surface area contributed by atoms with E-state index in [4.69, 9.17) is 5.11 Å². The number of hydrogen-bond donors (Lipinski definition) is 1. The van der Waals surface area contributed by atoms with Crippen molar-refractivity contribution in [3.05, 3.63) is 0 Å². The van der Waals surface area contributed by atoms with Crippen molar-refractivity contribution in [3.8, 4) is 0 Å². The van der Waals surface area contributed by atoms with Gasteiger partial charge in [0.05, 0.1) is 5.92 Å². The van der Waals surface area contributed by atoms with Crippen molar-refractivity contribution < 1.29 is 36.6 Å². The highest BCUT2D eigenvalue weighted by Crippen LogP contribution is 2.49. The molecule has 114 valence electrons. The van der Waals surface area contributed by atoms with Crippen LogP contribution < -0.4 is 0 Å². The van der Waals surface area contributed by atoms with Crippen LogP contribution in [-0.4, -0.2) is 47.1 Å². The summed E-state index contributed by atoms with van der Waals surface area (Å²) in [7, 11) is 0. The number of fused-ring (bicyclic) bond motifs is 2. The number of carboxylic acid groups (broad SMARTS) is 1. The molecule has 2 rings (SSSR count). The molecule has 1 heterocycles. The van der Waals surface area contributed by atoms with Crippen LogP contribution in [0.15, 0.2) is 0 Å². The Balaban J connectivity index is 2.19. The van der Waals surface area contributed by atoms with Gasteiger partial charge in [-0.15, -0.1) is 0 Å². The summed E-state index contributed by atoms with van der Waals surface area (Å²) in [6, 6.07) is 0. The molecule has 0 aromatic carbocycles. The second kappa shape index (κ2) is 4.56. The van der Waals surface area contributed by atoms with E-state index >= 15 is 0 Å². The average molecular weight is 301 g/mol. The lowest BCUT2D eigenvalue weighted by molar-refractivity contribution is -0.212. The van der Waals surface area contributed by atoms with Crippen LogP contribution in [0.3, 0.4) is 0 Å². The average Bonchev–Trinajstić information content (AvgIpc) is 2.24. The maximum Gasteiger partial charge on any atom is 0.471 e. The van der Waals surface area contributed by atoms with Gasteiger partial charge in [-0.2, -0.15) is 13.2 Å². The first-order valence-corrected chi connectivity index (χ1v) is 6.00. The molecule has 2 unspecified atom stereocenters. The third kappa shape index (κ3) is 2.45. The summed E-state index contributed by atoms with van der Waals surface area (Å²) >= 11 is 0. The Kier molecular flexibility index (Phi) is 3.42. The van der Waals surface area contributed by atoms with Crippen LogP contribution in [0.1, 0.15) is 12.8 Å². The lowest BCUT2D eigenvalue weighted by atomic mass is 9.69. The number of hydrogen-bond acceptors (Lipinski definition) is 2. The number of carbonyl (C=O) groups excluding carboxylic acids is 1. The fourth-order valence-electron chi connectivity index (χ4n) is 2.98. The molecule has 1 aliphatic heterocycles. The van der Waals surface area contributed by atoms with E-state index in [0.717, 1.165) is 0 Å². The molecule has 2 fully saturated rings. The highest BCUT2D eigenvalue weighted by atomic mass is 19.4. The number of likely N-dealkylation sites (tertiary alicyclic amines) is 1. The van der Waals surface area contributed by atoms with Gasteiger partial charge in [-0.1, -0.05) is 0 Å². The third-order valence-electron chi connectivity index (χ3n) is 3.99. The minimum Gasteiger partial charge on any atom is -0.481 e. The molecule has 9 heteroatoms. The van der Waals surface area contributed by atoms with Gasteiger partial charge < -0.3 is 10.0 Å². The van der Waals surface area contributed by atoms with Gasteiger partial charge in [-0.25, -0.2) is 8.78 Å². The molecule has 20 heavy (non-hydrogen) atoms. The minimum atomic E-state index is -5.10. The highest BCUT2D eigenvalue weighted by Gasteiger charge is 2.59. The first-order valence-electron chi connectivity index (χ1n) is 6.00. The summed E-state index contributed by atoms with van der Waals surface area (Å²) < 4.78 is 64.7. The van der Waals surface area contributed by atoms with Crippen molar-refractivity contribution in [1.29, 1.82) is 0 Å². The molecule has 2 bridgehead atoms. The number of carbonyl (C=O) groups is 2. The van der Waals surface area contributed by atoms with Gasteiger partial charge in [0, 0.05) is 24.9 Å². The van der Waals surface area contributed by atoms with Gasteiger partial charge >= 0.3 is 18.1 Å². The van der Waals surface area contributed by atoms with Crippen LogP contribution in [-0.2, 0) is 9.59 Å². The zero-order valence-corrected chi connectivity index (χ0v) is 10.2. The Morgan fingerprint density at radius 3 is 1.90 bits per heavy atom. The van der Waals surface area contributed by atoms with Crippen molar-refractivity contribution in [2.24, 2.45) is 17.8 Å². The summed E-state index contributed by atoms with van der Waals surface area (Å²) in [6.45, 7) is -1.52. The predicted molar refractivity (Wildman–Crippen MR) is 54.9 cm³/mol. The molecule has 0 radical (unpaired) electrons. The zero-order valence-electron chi connectivity index (χ0n) is 10.2. The van der Waals surface area contributed by atoms with Crippen molar-refractivity contribution in [2.45, 2.75) is 24.9 Å². The van der Waals surface area contributed by atoms with Crippen molar-refractivity contribution in [3.63, 3.8) is 0 Å². The number of amides is 1. The monoisotopic (exact) mass is 301 g/mol. The summed E-state index contributed by atoms with van der Waals surface area (Å²) in [5.74, 6) is -10.7. The molecule has 2 atom stereocenters. The fraction of sp³-hybridized carbons (Fsp3) is 0.818. The fourth-order valence-corrected chi connectivity index (χ4v) is 2.98. The first kappa shape index (κ1) is 15.0. The van der Waals surface area contributed by atoms with E-state index in [1.807, 2.05) is 0 Å². The minimum absolute atomic E-state index is 0.366. The number of carboxylic acids is 1. The molecule has 1 amide bonds. The molecule has 2 aliphatic rings. The molecule has 0 aromatic heterocycles. The topological polar surface area (TPSA) is 57.6 Å². The summed E-state index contributed by atoms with van der Waals surface area (Å²) in [4.78, 5) is 22.3. The molecule has 1 aliphatic carbocycles. The van der Waals surface area contributed by atoms with E-state index in [9.17, 15) is 31.5 Å². The maximum absolute atomic E-state index is 13.9. The Labute approximate surface area is 110 Å². The van der Waals surface area contributed by atoms with Gasteiger partial charge in [0.15, 0.2) is 0 Å². The molecular weight excluding hydrogens is 289 g/mol. The number of piperidine rings is 1. The number of rotatable bonds is 1. The Morgan fingerprint density at radius 2 is 1.55 bits per heavy atom. The molecule has 1 N–H and O–H groups in total. The van der Waals surface area contributed by atoms with E-state index in [1.54, 1.807) is 0 Å². The van der Waals surface area contributed by atoms with Gasteiger partial charge in [0.1, 0.15) is 0 Å². The standard InChI is InChI=1S/C11H12F5NO3/c12-10(13)6-1-5(8(18)19)2-7(10)4-17(3-6)9(20)11(14,15)16/h5-7H,1-4H2,(H,18,19). The summed E-state index contributed by atoms with van der Waals surface area (Å²) in [5.41, 5.74) is 0. The van der Waals surface area contributed by atoms with Crippen LogP contribution in [0, 0.1) is 17.8 Å². The number of aliphatic carboxylic acids is 1. The molecule has 0 aromatic rings. The van der Waals surface area contributed by atoms with Crippen LogP contribution in [0.2, 0.25) is 0 Å². The van der Waals surface area contributed by atoms with Gasteiger partial charge in [-0.3, -0.25) is 9.59 Å². The van der Waals surface area contributed by atoms with Gasteiger partial charge in [0.2, 0.25) is 0 Å². The maximum atomic E-state index is 13.9. The van der Waals surface area contributed by atoms with Gasteiger partial charge in [-0.05, 0) is 12.8 Å². The number of nitrogens with zero attached hydrogens (tertiary/aromatic N) is 1.